The maximum absolute atomic E-state index is 3.29. The zero-order valence-electron chi connectivity index (χ0n) is 9.12. The predicted molar refractivity (Wildman–Crippen MR) is 63.7 cm³/mol. The Bertz CT molecular complexity index is 417. The molecule has 0 bridgehead atoms. The van der Waals surface area contributed by atoms with E-state index in [1.165, 1.54) is 16.8 Å². The number of H-pyrrole nitrogens is 1. The summed E-state index contributed by atoms with van der Waals surface area (Å²) in [5.74, 6) is 0. The number of nitrogens with one attached hydrogen (secondary N) is 2. The van der Waals surface area contributed by atoms with Crippen molar-refractivity contribution in [1.82, 2.24) is 10.3 Å². The van der Waals surface area contributed by atoms with Crippen LogP contribution in [0.1, 0.15) is 18.7 Å². The second kappa shape index (κ2) is 4.32. The van der Waals surface area contributed by atoms with Gasteiger partial charge in [-0.1, -0.05) is 30.3 Å². The number of rotatable bonds is 3. The number of benzene rings is 1. The van der Waals surface area contributed by atoms with Gasteiger partial charge >= 0.3 is 0 Å². The van der Waals surface area contributed by atoms with Crippen molar-refractivity contribution in [3.63, 3.8) is 0 Å². The third-order valence-electron chi connectivity index (χ3n) is 2.73. The Morgan fingerprint density at radius 2 is 1.87 bits per heavy atom. The van der Waals surface area contributed by atoms with E-state index < -0.39 is 0 Å². The molecule has 0 fully saturated rings. The van der Waals surface area contributed by atoms with Crippen LogP contribution >= 0.6 is 0 Å². The highest BCUT2D eigenvalue weighted by molar-refractivity contribution is 5.66. The van der Waals surface area contributed by atoms with Crippen LogP contribution in [0.5, 0.6) is 0 Å². The highest BCUT2D eigenvalue weighted by Gasteiger charge is 2.10. The molecule has 0 radical (unpaired) electrons. The molecule has 2 rings (SSSR count). The molecule has 0 aliphatic rings. The van der Waals surface area contributed by atoms with Crippen LogP contribution in [0.2, 0.25) is 0 Å². The maximum Gasteiger partial charge on any atom is 0.0448 e. The minimum Gasteiger partial charge on any atom is -0.363 e. The molecule has 2 aromatic rings. The van der Waals surface area contributed by atoms with Gasteiger partial charge in [0.15, 0.2) is 0 Å². The Balaban J connectivity index is 2.41. The summed E-state index contributed by atoms with van der Waals surface area (Å²) in [6.45, 7) is 2.15. The summed E-state index contributed by atoms with van der Waals surface area (Å²) >= 11 is 0. The fourth-order valence-corrected chi connectivity index (χ4v) is 1.75. The van der Waals surface area contributed by atoms with Crippen molar-refractivity contribution in [1.29, 1.82) is 0 Å². The fraction of sp³-hybridized carbons (Fsp3) is 0.231. The molecule has 2 heteroatoms. The van der Waals surface area contributed by atoms with Gasteiger partial charge in [0.25, 0.3) is 0 Å². The molecule has 0 aliphatic heterocycles. The lowest BCUT2D eigenvalue weighted by molar-refractivity contribution is 0.638. The van der Waals surface area contributed by atoms with E-state index in [1.807, 2.05) is 19.3 Å². The zero-order chi connectivity index (χ0) is 10.7. The van der Waals surface area contributed by atoms with Crippen LogP contribution in [0.3, 0.4) is 0 Å². The molecular formula is C13H16N2. The Morgan fingerprint density at radius 1 is 1.13 bits per heavy atom. The lowest BCUT2D eigenvalue weighted by Gasteiger charge is -2.11. The van der Waals surface area contributed by atoms with Gasteiger partial charge in [0.05, 0.1) is 0 Å². The molecule has 2 N–H and O–H groups in total. The molecular weight excluding hydrogens is 184 g/mol. The highest BCUT2D eigenvalue weighted by atomic mass is 14.9. The summed E-state index contributed by atoms with van der Waals surface area (Å²) in [4.78, 5) is 3.29. The van der Waals surface area contributed by atoms with Gasteiger partial charge in [-0.05, 0) is 25.6 Å². The molecule has 0 saturated heterocycles. The molecule has 1 atom stereocenters. The molecule has 0 saturated carbocycles. The summed E-state index contributed by atoms with van der Waals surface area (Å²) < 4.78 is 0. The van der Waals surface area contributed by atoms with Crippen LogP contribution in [0, 0.1) is 0 Å². The molecule has 1 heterocycles. The number of hydrogen-bond donors (Lipinski definition) is 2. The zero-order valence-corrected chi connectivity index (χ0v) is 9.12. The molecule has 2 nitrogen and oxygen atoms in total. The third kappa shape index (κ3) is 1.95. The highest BCUT2D eigenvalue weighted by Crippen LogP contribution is 2.26. The monoisotopic (exact) mass is 200 g/mol. The molecule has 1 aromatic carbocycles. The van der Waals surface area contributed by atoms with E-state index in [2.05, 4.69) is 47.6 Å². The Morgan fingerprint density at radius 3 is 2.53 bits per heavy atom. The van der Waals surface area contributed by atoms with Gasteiger partial charge in [-0.25, -0.2) is 0 Å². The van der Waals surface area contributed by atoms with Gasteiger partial charge in [0.2, 0.25) is 0 Å². The standard InChI is InChI=1S/C13H16N2/c1-10(14-2)13-12(8-9-15-13)11-6-4-3-5-7-11/h3-10,14-15H,1-2H3. The first kappa shape index (κ1) is 9.99. The summed E-state index contributed by atoms with van der Waals surface area (Å²) in [5, 5.41) is 3.25. The first-order valence-corrected chi connectivity index (χ1v) is 5.23. The van der Waals surface area contributed by atoms with Crippen molar-refractivity contribution >= 4 is 0 Å². The van der Waals surface area contributed by atoms with Crippen LogP contribution < -0.4 is 5.32 Å². The number of aromatic nitrogens is 1. The minimum absolute atomic E-state index is 0.343. The van der Waals surface area contributed by atoms with E-state index in [4.69, 9.17) is 0 Å². The first-order chi connectivity index (χ1) is 7.33. The van der Waals surface area contributed by atoms with Gasteiger partial charge in [0.1, 0.15) is 0 Å². The second-order valence-corrected chi connectivity index (χ2v) is 3.68. The average Bonchev–Trinajstić information content (AvgIpc) is 2.78. The average molecular weight is 200 g/mol. The molecule has 78 valence electrons. The normalized spacial score (nSPS) is 12.7. The lowest BCUT2D eigenvalue weighted by atomic mass is 10.0. The van der Waals surface area contributed by atoms with E-state index in [0.29, 0.717) is 6.04 Å². The van der Waals surface area contributed by atoms with Crippen molar-refractivity contribution in [2.75, 3.05) is 7.05 Å². The van der Waals surface area contributed by atoms with E-state index in [0.717, 1.165) is 0 Å². The molecule has 1 aromatic heterocycles. The topological polar surface area (TPSA) is 27.8 Å². The molecule has 0 spiro atoms. The van der Waals surface area contributed by atoms with Gasteiger partial charge in [-0.3, -0.25) is 0 Å². The molecule has 0 amide bonds. The lowest BCUT2D eigenvalue weighted by Crippen LogP contribution is -2.13. The fourth-order valence-electron chi connectivity index (χ4n) is 1.75. The van der Waals surface area contributed by atoms with E-state index in [9.17, 15) is 0 Å². The van der Waals surface area contributed by atoms with Crippen molar-refractivity contribution in [3.8, 4) is 11.1 Å². The van der Waals surface area contributed by atoms with Crippen molar-refractivity contribution in [2.45, 2.75) is 13.0 Å². The van der Waals surface area contributed by atoms with Crippen LogP contribution in [-0.2, 0) is 0 Å². The van der Waals surface area contributed by atoms with E-state index in [1.54, 1.807) is 0 Å². The number of hydrogen-bond acceptors (Lipinski definition) is 1. The van der Waals surface area contributed by atoms with Crippen LogP contribution in [-0.4, -0.2) is 12.0 Å². The van der Waals surface area contributed by atoms with Gasteiger partial charge in [-0.15, -0.1) is 0 Å². The predicted octanol–water partition coefficient (Wildman–Crippen LogP) is 2.96. The van der Waals surface area contributed by atoms with Crippen LogP contribution in [0.25, 0.3) is 11.1 Å². The molecule has 15 heavy (non-hydrogen) atoms. The van der Waals surface area contributed by atoms with Crippen molar-refractivity contribution in [3.05, 3.63) is 48.3 Å². The molecule has 0 aliphatic carbocycles. The van der Waals surface area contributed by atoms with Crippen LogP contribution in [0.15, 0.2) is 42.6 Å². The smallest absolute Gasteiger partial charge is 0.0448 e. The first-order valence-electron chi connectivity index (χ1n) is 5.23. The van der Waals surface area contributed by atoms with E-state index in [-0.39, 0.29) is 0 Å². The Kier molecular flexibility index (Phi) is 2.88. The maximum atomic E-state index is 3.29. The van der Waals surface area contributed by atoms with Crippen molar-refractivity contribution in [2.24, 2.45) is 0 Å². The molecule has 1 unspecified atom stereocenters. The second-order valence-electron chi connectivity index (χ2n) is 3.68. The van der Waals surface area contributed by atoms with Crippen LogP contribution in [0.4, 0.5) is 0 Å². The van der Waals surface area contributed by atoms with Gasteiger partial charge < -0.3 is 10.3 Å². The third-order valence-corrected chi connectivity index (χ3v) is 2.73. The Labute approximate surface area is 90.3 Å². The Hall–Kier alpha value is -1.54. The summed E-state index contributed by atoms with van der Waals surface area (Å²) in [5.41, 5.74) is 3.78. The summed E-state index contributed by atoms with van der Waals surface area (Å²) in [7, 11) is 1.97. The SMILES string of the molecule is CNC(C)c1[nH]ccc1-c1ccccc1. The number of aromatic amines is 1. The van der Waals surface area contributed by atoms with Gasteiger partial charge in [0, 0.05) is 23.5 Å². The minimum atomic E-state index is 0.343. The largest absolute Gasteiger partial charge is 0.363 e. The van der Waals surface area contributed by atoms with E-state index >= 15 is 0 Å². The quantitative estimate of drug-likeness (QED) is 0.783. The van der Waals surface area contributed by atoms with Gasteiger partial charge in [-0.2, -0.15) is 0 Å². The summed E-state index contributed by atoms with van der Waals surface area (Å²) in [6, 6.07) is 12.9. The van der Waals surface area contributed by atoms with Crippen molar-refractivity contribution < 1.29 is 0 Å². The summed E-state index contributed by atoms with van der Waals surface area (Å²) in [6.07, 6.45) is 1.99.